The Bertz CT molecular complexity index is 850. The van der Waals surface area contributed by atoms with Gasteiger partial charge in [0.2, 0.25) is 0 Å². The van der Waals surface area contributed by atoms with E-state index in [-0.39, 0.29) is 32.0 Å². The lowest BCUT2D eigenvalue weighted by atomic mass is 10.0. The highest BCUT2D eigenvalue weighted by Gasteiger charge is 2.21. The molecule has 0 N–H and O–H groups in total. The Balaban J connectivity index is 4.33. The van der Waals surface area contributed by atoms with Gasteiger partial charge in [-0.1, -0.05) is 174 Å². The van der Waals surface area contributed by atoms with Crippen LogP contribution in [0, 0.1) is 0 Å². The van der Waals surface area contributed by atoms with Crippen LogP contribution in [0.2, 0.25) is 0 Å². The van der Waals surface area contributed by atoms with Crippen LogP contribution in [0.3, 0.4) is 0 Å². The van der Waals surface area contributed by atoms with E-state index in [9.17, 15) is 19.0 Å². The first kappa shape index (κ1) is 50.0. The molecular formula is C41H82NO8P. The van der Waals surface area contributed by atoms with E-state index >= 15 is 0 Å². The van der Waals surface area contributed by atoms with Crippen LogP contribution in [0.1, 0.15) is 200 Å². The van der Waals surface area contributed by atoms with Crippen LogP contribution in [-0.4, -0.2) is 70.0 Å². The topological polar surface area (TPSA) is 111 Å². The van der Waals surface area contributed by atoms with Crippen molar-refractivity contribution in [3.05, 3.63) is 0 Å². The predicted molar refractivity (Wildman–Crippen MR) is 208 cm³/mol. The summed E-state index contributed by atoms with van der Waals surface area (Å²) in [5.74, 6) is -0.823. The number of likely N-dealkylation sites (N-methyl/N-ethyl adjacent to an activating group) is 1. The molecule has 0 aromatic carbocycles. The average Bonchev–Trinajstić information content (AvgIpc) is 3.07. The molecule has 0 spiro atoms. The number of phosphoric acid groups is 1. The van der Waals surface area contributed by atoms with Crippen molar-refractivity contribution in [2.24, 2.45) is 0 Å². The second-order valence-electron chi connectivity index (χ2n) is 15.7. The Morgan fingerprint density at radius 3 is 1.25 bits per heavy atom. The largest absolute Gasteiger partial charge is 0.756 e. The number of unbranched alkanes of at least 4 members (excludes halogenated alkanes) is 25. The van der Waals surface area contributed by atoms with Gasteiger partial charge in [-0.25, -0.2) is 0 Å². The van der Waals surface area contributed by atoms with Gasteiger partial charge >= 0.3 is 11.9 Å². The number of quaternary nitrogens is 1. The number of nitrogens with zero attached hydrogens (tertiary/aromatic N) is 1. The number of carbonyl (C=O) groups excluding carboxylic acids is 2. The Morgan fingerprint density at radius 2 is 0.882 bits per heavy atom. The highest BCUT2D eigenvalue weighted by atomic mass is 31.2. The fourth-order valence-corrected chi connectivity index (χ4v) is 6.74. The molecule has 0 aliphatic heterocycles. The molecule has 0 fully saturated rings. The van der Waals surface area contributed by atoms with Crippen molar-refractivity contribution in [2.45, 2.75) is 206 Å². The molecule has 0 amide bonds. The average molecular weight is 748 g/mol. The molecule has 0 heterocycles. The summed E-state index contributed by atoms with van der Waals surface area (Å²) in [6.45, 7) is 4.24. The zero-order chi connectivity index (χ0) is 37.9. The quantitative estimate of drug-likeness (QED) is 0.0264. The standard InChI is InChI=1S/C41H82NO8P/c1-6-8-10-12-14-16-18-19-20-21-22-24-26-28-30-32-34-41(44)50-39(38-49-51(45,46)48-36-35-42(3,4)5)37-47-40(43)33-31-29-27-25-23-17-15-13-11-9-7-2/h39H,6-38H2,1-5H3. The summed E-state index contributed by atoms with van der Waals surface area (Å²) < 4.78 is 33.8. The van der Waals surface area contributed by atoms with Crippen LogP contribution >= 0.6 is 7.82 Å². The van der Waals surface area contributed by atoms with Gasteiger partial charge in [-0.05, 0) is 12.8 Å². The highest BCUT2D eigenvalue weighted by Crippen LogP contribution is 2.38. The molecule has 0 aromatic rings. The second kappa shape index (κ2) is 34.8. The molecule has 51 heavy (non-hydrogen) atoms. The van der Waals surface area contributed by atoms with E-state index in [2.05, 4.69) is 13.8 Å². The van der Waals surface area contributed by atoms with E-state index in [1.807, 2.05) is 21.1 Å². The molecule has 0 saturated heterocycles. The third kappa shape index (κ3) is 38.5. The minimum Gasteiger partial charge on any atom is -0.756 e. The SMILES string of the molecule is CCCCCCCCCCCCCCCCCCC(=O)OC(COC(=O)CCCCCCCCCCCCC)COP(=O)([O-])OCC[N+](C)(C)C. The van der Waals surface area contributed by atoms with Crippen molar-refractivity contribution < 1.29 is 42.1 Å². The van der Waals surface area contributed by atoms with Gasteiger partial charge in [-0.2, -0.15) is 0 Å². The van der Waals surface area contributed by atoms with Crippen molar-refractivity contribution in [3.63, 3.8) is 0 Å². The third-order valence-corrected chi connectivity index (χ3v) is 10.3. The van der Waals surface area contributed by atoms with Crippen LogP contribution in [0.15, 0.2) is 0 Å². The van der Waals surface area contributed by atoms with E-state index in [1.54, 1.807) is 0 Å². The number of ether oxygens (including phenoxy) is 2. The highest BCUT2D eigenvalue weighted by molar-refractivity contribution is 7.45. The monoisotopic (exact) mass is 748 g/mol. The van der Waals surface area contributed by atoms with Gasteiger partial charge in [0.25, 0.3) is 7.82 Å². The van der Waals surface area contributed by atoms with E-state index in [4.69, 9.17) is 18.5 Å². The van der Waals surface area contributed by atoms with E-state index in [1.165, 1.54) is 135 Å². The maximum atomic E-state index is 12.6. The molecule has 10 heteroatoms. The van der Waals surface area contributed by atoms with Crippen molar-refractivity contribution in [3.8, 4) is 0 Å². The molecule has 9 nitrogen and oxygen atoms in total. The lowest BCUT2D eigenvalue weighted by molar-refractivity contribution is -0.870. The minimum atomic E-state index is -4.61. The van der Waals surface area contributed by atoms with Crippen LogP contribution in [0.25, 0.3) is 0 Å². The van der Waals surface area contributed by atoms with Crippen LogP contribution in [0.5, 0.6) is 0 Å². The number of esters is 2. The summed E-state index contributed by atoms with van der Waals surface area (Å²) >= 11 is 0. The fraction of sp³-hybridized carbons (Fsp3) is 0.951. The Morgan fingerprint density at radius 1 is 0.529 bits per heavy atom. The van der Waals surface area contributed by atoms with Gasteiger partial charge in [0, 0.05) is 12.8 Å². The number of carbonyl (C=O) groups is 2. The zero-order valence-electron chi connectivity index (χ0n) is 34.1. The molecule has 0 rings (SSSR count). The van der Waals surface area contributed by atoms with Gasteiger partial charge in [0.1, 0.15) is 19.8 Å². The van der Waals surface area contributed by atoms with Crippen LogP contribution < -0.4 is 4.89 Å². The van der Waals surface area contributed by atoms with Crippen LogP contribution in [0.4, 0.5) is 0 Å². The van der Waals surface area contributed by atoms with Gasteiger partial charge in [-0.15, -0.1) is 0 Å². The summed E-state index contributed by atoms with van der Waals surface area (Å²) in [5.41, 5.74) is 0. The maximum absolute atomic E-state index is 12.6. The third-order valence-electron chi connectivity index (χ3n) is 9.38. The van der Waals surface area contributed by atoms with E-state index in [0.29, 0.717) is 17.4 Å². The minimum absolute atomic E-state index is 0.0259. The molecule has 0 aliphatic rings. The first-order valence-electron chi connectivity index (χ1n) is 21.2. The summed E-state index contributed by atoms with van der Waals surface area (Å²) in [6.07, 6.45) is 32.6. The Kier molecular flexibility index (Phi) is 34.1. The molecule has 2 unspecified atom stereocenters. The van der Waals surface area contributed by atoms with Crippen molar-refractivity contribution in [1.29, 1.82) is 0 Å². The van der Waals surface area contributed by atoms with Crippen molar-refractivity contribution in [2.75, 3.05) is 47.5 Å². The van der Waals surface area contributed by atoms with Crippen molar-refractivity contribution >= 4 is 19.8 Å². The number of rotatable bonds is 39. The van der Waals surface area contributed by atoms with Gasteiger partial charge in [-0.3, -0.25) is 14.2 Å². The maximum Gasteiger partial charge on any atom is 0.306 e. The number of hydrogen-bond acceptors (Lipinski definition) is 8. The fourth-order valence-electron chi connectivity index (χ4n) is 6.01. The van der Waals surface area contributed by atoms with E-state index < -0.39 is 26.5 Å². The van der Waals surface area contributed by atoms with Gasteiger partial charge in [0.05, 0.1) is 27.7 Å². The number of hydrogen-bond donors (Lipinski definition) is 0. The van der Waals surface area contributed by atoms with Gasteiger partial charge < -0.3 is 27.9 Å². The molecule has 2 atom stereocenters. The number of phosphoric ester groups is 1. The summed E-state index contributed by atoms with van der Waals surface area (Å²) in [7, 11) is 1.18. The molecule has 304 valence electrons. The summed E-state index contributed by atoms with van der Waals surface area (Å²) in [4.78, 5) is 37.4. The molecular weight excluding hydrogens is 665 g/mol. The Labute approximate surface area is 314 Å². The lowest BCUT2D eigenvalue weighted by Gasteiger charge is -2.28. The molecule has 0 saturated carbocycles. The van der Waals surface area contributed by atoms with E-state index in [0.717, 1.165) is 32.1 Å². The van der Waals surface area contributed by atoms with Crippen LogP contribution in [-0.2, 0) is 32.7 Å². The first-order valence-corrected chi connectivity index (χ1v) is 22.7. The lowest BCUT2D eigenvalue weighted by Crippen LogP contribution is -2.37. The predicted octanol–water partition coefficient (Wildman–Crippen LogP) is 11.0. The second-order valence-corrected chi connectivity index (χ2v) is 17.1. The molecule has 0 bridgehead atoms. The normalized spacial score (nSPS) is 13.6. The molecule has 0 aromatic heterocycles. The first-order chi connectivity index (χ1) is 24.5. The summed E-state index contributed by atoms with van der Waals surface area (Å²) in [6, 6.07) is 0. The molecule has 0 aliphatic carbocycles. The van der Waals surface area contributed by atoms with Gasteiger partial charge in [0.15, 0.2) is 6.10 Å². The van der Waals surface area contributed by atoms with Crippen molar-refractivity contribution in [1.82, 2.24) is 0 Å². The Hall–Kier alpha value is -0.990. The zero-order valence-corrected chi connectivity index (χ0v) is 35.0. The summed E-state index contributed by atoms with van der Waals surface area (Å²) in [5, 5.41) is 0. The molecule has 0 radical (unpaired) electrons. The smallest absolute Gasteiger partial charge is 0.306 e.